The molecule has 0 bridgehead atoms. The molecular formula is C12H18O5. The van der Waals surface area contributed by atoms with Gasteiger partial charge in [-0.2, -0.15) is 0 Å². The van der Waals surface area contributed by atoms with Crippen molar-refractivity contribution in [3.8, 4) is 0 Å². The van der Waals surface area contributed by atoms with E-state index in [-0.39, 0.29) is 36.6 Å². The quantitative estimate of drug-likeness (QED) is 0.588. The molecule has 4 rings (SSSR count). The average Bonchev–Trinajstić information content (AvgIpc) is 2.81. The predicted molar refractivity (Wildman–Crippen MR) is 56.3 cm³/mol. The first-order valence-corrected chi connectivity index (χ1v) is 6.23. The zero-order chi connectivity index (χ0) is 12.0. The van der Waals surface area contributed by atoms with Gasteiger partial charge in [0.25, 0.3) is 0 Å². The Morgan fingerprint density at radius 3 is 1.18 bits per heavy atom. The van der Waals surface area contributed by atoms with Crippen LogP contribution in [-0.2, 0) is 23.7 Å². The molecule has 0 aromatic heterocycles. The topological polar surface area (TPSA) is 49.5 Å². The van der Waals surface area contributed by atoms with Crippen molar-refractivity contribution in [2.45, 2.75) is 75.9 Å². The fourth-order valence-corrected chi connectivity index (χ4v) is 3.32. The van der Waals surface area contributed by atoms with Crippen molar-refractivity contribution in [1.29, 1.82) is 0 Å². The number of ether oxygens (including phenoxy) is 5. The summed E-state index contributed by atoms with van der Waals surface area (Å²) in [6.45, 7) is 7.72. The van der Waals surface area contributed by atoms with Gasteiger partial charge in [0.05, 0.1) is 0 Å². The van der Waals surface area contributed by atoms with Gasteiger partial charge in [-0.15, -0.1) is 0 Å². The van der Waals surface area contributed by atoms with Gasteiger partial charge in [0.2, 0.25) is 0 Å². The van der Waals surface area contributed by atoms with Crippen molar-refractivity contribution < 1.29 is 23.7 Å². The van der Waals surface area contributed by atoms with Gasteiger partial charge in [-0.05, 0) is 27.7 Å². The van der Waals surface area contributed by atoms with Gasteiger partial charge in [0, 0.05) is 0 Å². The standard InChI is InChI=1S/C12H18O5/c1-11(2)14-7-5-6(13-5)8-10(9(7)16-11)17-12(3,4)15-8/h5-10H,1-4H3/t5-,6+,7-,8-,9-,10-/m1/s1. The van der Waals surface area contributed by atoms with E-state index in [0.29, 0.717) is 0 Å². The first-order valence-electron chi connectivity index (χ1n) is 6.23. The maximum atomic E-state index is 5.95. The van der Waals surface area contributed by atoms with Crippen molar-refractivity contribution >= 4 is 0 Å². The van der Waals surface area contributed by atoms with Crippen molar-refractivity contribution in [3.63, 3.8) is 0 Å². The second-order valence-corrected chi connectivity index (χ2v) is 6.19. The molecule has 3 heterocycles. The van der Waals surface area contributed by atoms with Gasteiger partial charge in [-0.3, -0.25) is 0 Å². The maximum Gasteiger partial charge on any atom is 0.164 e. The molecular weight excluding hydrogens is 224 g/mol. The molecule has 96 valence electrons. The largest absolute Gasteiger partial charge is 0.364 e. The van der Waals surface area contributed by atoms with Crippen LogP contribution in [0.1, 0.15) is 27.7 Å². The monoisotopic (exact) mass is 242 g/mol. The van der Waals surface area contributed by atoms with Crippen LogP contribution in [0.25, 0.3) is 0 Å². The third-order valence-corrected chi connectivity index (χ3v) is 3.86. The lowest BCUT2D eigenvalue weighted by Crippen LogP contribution is -2.51. The van der Waals surface area contributed by atoms with Crippen LogP contribution in [0.4, 0.5) is 0 Å². The van der Waals surface area contributed by atoms with E-state index in [2.05, 4.69) is 0 Å². The highest BCUT2D eigenvalue weighted by atomic mass is 16.8. The fourth-order valence-electron chi connectivity index (χ4n) is 3.32. The van der Waals surface area contributed by atoms with E-state index in [1.54, 1.807) is 0 Å². The molecule has 0 spiro atoms. The molecule has 0 N–H and O–H groups in total. The van der Waals surface area contributed by atoms with E-state index in [1.807, 2.05) is 27.7 Å². The molecule has 4 aliphatic rings. The lowest BCUT2D eigenvalue weighted by molar-refractivity contribution is -0.175. The minimum atomic E-state index is -0.559. The fraction of sp³-hybridized carbons (Fsp3) is 1.00. The third-order valence-electron chi connectivity index (χ3n) is 3.86. The summed E-state index contributed by atoms with van der Waals surface area (Å²) in [6, 6.07) is 0. The molecule has 17 heavy (non-hydrogen) atoms. The zero-order valence-electron chi connectivity index (χ0n) is 10.5. The number of rotatable bonds is 0. The molecule has 6 atom stereocenters. The van der Waals surface area contributed by atoms with Crippen molar-refractivity contribution in [1.82, 2.24) is 0 Å². The van der Waals surface area contributed by atoms with E-state index in [4.69, 9.17) is 23.7 Å². The van der Waals surface area contributed by atoms with Crippen molar-refractivity contribution in [2.75, 3.05) is 0 Å². The zero-order valence-corrected chi connectivity index (χ0v) is 10.5. The van der Waals surface area contributed by atoms with Crippen LogP contribution >= 0.6 is 0 Å². The Kier molecular flexibility index (Phi) is 1.80. The Balaban J connectivity index is 1.67. The maximum absolute atomic E-state index is 5.95. The second kappa shape index (κ2) is 2.86. The number of epoxide rings is 1. The minimum absolute atomic E-state index is 0.0197. The number of hydrogen-bond donors (Lipinski definition) is 0. The van der Waals surface area contributed by atoms with Gasteiger partial charge in [0.15, 0.2) is 11.6 Å². The van der Waals surface area contributed by atoms with Crippen molar-refractivity contribution in [3.05, 3.63) is 0 Å². The van der Waals surface area contributed by atoms with Gasteiger partial charge < -0.3 is 23.7 Å². The summed E-state index contributed by atoms with van der Waals surface area (Å²) in [5.74, 6) is -1.12. The first-order chi connectivity index (χ1) is 7.86. The van der Waals surface area contributed by atoms with Crippen LogP contribution < -0.4 is 0 Å². The van der Waals surface area contributed by atoms with Gasteiger partial charge in [0.1, 0.15) is 36.6 Å². The van der Waals surface area contributed by atoms with Crippen LogP contribution in [0.15, 0.2) is 0 Å². The summed E-state index contributed by atoms with van der Waals surface area (Å²) in [7, 11) is 0. The van der Waals surface area contributed by atoms with E-state index in [1.165, 1.54) is 0 Å². The van der Waals surface area contributed by atoms with Gasteiger partial charge >= 0.3 is 0 Å². The molecule has 0 radical (unpaired) electrons. The van der Waals surface area contributed by atoms with E-state index >= 15 is 0 Å². The van der Waals surface area contributed by atoms with Crippen LogP contribution in [0.5, 0.6) is 0 Å². The summed E-state index contributed by atoms with van der Waals surface area (Å²) in [5.41, 5.74) is 0. The molecule has 4 fully saturated rings. The highest BCUT2D eigenvalue weighted by Gasteiger charge is 2.70. The van der Waals surface area contributed by atoms with Crippen LogP contribution in [0, 0.1) is 0 Å². The number of fused-ring (bicyclic) bond motifs is 6. The van der Waals surface area contributed by atoms with Crippen LogP contribution in [0.2, 0.25) is 0 Å². The van der Waals surface area contributed by atoms with Gasteiger partial charge in [-0.25, -0.2) is 0 Å². The molecule has 3 aliphatic heterocycles. The Hall–Kier alpha value is -0.200. The summed E-state index contributed by atoms with van der Waals surface area (Å²) in [4.78, 5) is 0. The van der Waals surface area contributed by atoms with Crippen LogP contribution in [0.3, 0.4) is 0 Å². The first kappa shape index (κ1) is 10.7. The highest BCUT2D eigenvalue weighted by molar-refractivity contribution is 5.14. The molecule has 5 nitrogen and oxygen atoms in total. The SMILES string of the molecule is CC1(C)O[C@H]2[C@@H]3OC(C)(C)O[C@@H]3[C@H]3O[C@H]3[C@H]2O1. The number of hydrogen-bond acceptors (Lipinski definition) is 5. The molecule has 1 saturated carbocycles. The molecule has 5 heteroatoms. The molecule has 0 amide bonds. The lowest BCUT2D eigenvalue weighted by atomic mass is 9.90. The molecule has 3 saturated heterocycles. The minimum Gasteiger partial charge on any atom is -0.364 e. The lowest BCUT2D eigenvalue weighted by Gasteiger charge is -2.28. The summed E-state index contributed by atoms with van der Waals surface area (Å²) in [6.07, 6.45) is 0.0181. The molecule has 0 aromatic carbocycles. The van der Waals surface area contributed by atoms with E-state index in [0.717, 1.165) is 0 Å². The van der Waals surface area contributed by atoms with E-state index in [9.17, 15) is 0 Å². The highest BCUT2D eigenvalue weighted by Crippen LogP contribution is 2.51. The van der Waals surface area contributed by atoms with Crippen LogP contribution in [-0.4, -0.2) is 48.2 Å². The molecule has 1 aliphatic carbocycles. The van der Waals surface area contributed by atoms with Crippen molar-refractivity contribution in [2.24, 2.45) is 0 Å². The average molecular weight is 242 g/mol. The second-order valence-electron chi connectivity index (χ2n) is 6.19. The Morgan fingerprint density at radius 2 is 0.824 bits per heavy atom. The molecule has 0 unspecified atom stereocenters. The Bertz CT molecular complexity index is 332. The Morgan fingerprint density at radius 1 is 0.529 bits per heavy atom. The van der Waals surface area contributed by atoms with Gasteiger partial charge in [-0.1, -0.05) is 0 Å². The van der Waals surface area contributed by atoms with E-state index < -0.39 is 11.6 Å². The summed E-state index contributed by atoms with van der Waals surface area (Å²) < 4.78 is 29.4. The summed E-state index contributed by atoms with van der Waals surface area (Å²) >= 11 is 0. The molecule has 0 aromatic rings. The summed E-state index contributed by atoms with van der Waals surface area (Å²) in [5, 5.41) is 0. The normalized spacial score (nSPS) is 57.2. The predicted octanol–water partition coefficient (Wildman–Crippen LogP) is 0.808. The Labute approximate surface area is 100 Å². The smallest absolute Gasteiger partial charge is 0.164 e. The third kappa shape index (κ3) is 1.43.